The van der Waals surface area contributed by atoms with Crippen LogP contribution < -0.4 is 5.32 Å². The van der Waals surface area contributed by atoms with Crippen molar-refractivity contribution in [2.24, 2.45) is 5.92 Å². The SMILES string of the molecule is COCC1CCCN(C(=O)Nc2cncc(C(=O)O)c2)C1. The van der Waals surface area contributed by atoms with Crippen LogP contribution in [0.1, 0.15) is 23.2 Å². The van der Waals surface area contributed by atoms with Crippen LogP contribution in [0.4, 0.5) is 10.5 Å². The van der Waals surface area contributed by atoms with Gasteiger partial charge >= 0.3 is 12.0 Å². The minimum Gasteiger partial charge on any atom is -0.478 e. The zero-order valence-corrected chi connectivity index (χ0v) is 11.9. The molecule has 0 radical (unpaired) electrons. The van der Waals surface area contributed by atoms with Gasteiger partial charge < -0.3 is 20.1 Å². The minimum absolute atomic E-state index is 0.0451. The van der Waals surface area contributed by atoms with Crippen molar-refractivity contribution in [3.63, 3.8) is 0 Å². The van der Waals surface area contributed by atoms with E-state index in [4.69, 9.17) is 9.84 Å². The number of piperidine rings is 1. The molecule has 1 atom stereocenters. The van der Waals surface area contributed by atoms with Gasteiger partial charge in [0, 0.05) is 32.3 Å². The molecule has 0 aromatic carbocycles. The molecule has 0 aliphatic carbocycles. The number of ether oxygens (including phenoxy) is 1. The Bertz CT molecular complexity index is 519. The Morgan fingerprint density at radius 1 is 1.52 bits per heavy atom. The second-order valence-electron chi connectivity index (χ2n) is 5.11. The van der Waals surface area contributed by atoms with Crippen LogP contribution in [0.3, 0.4) is 0 Å². The number of carboxylic acids is 1. The summed E-state index contributed by atoms with van der Waals surface area (Å²) >= 11 is 0. The summed E-state index contributed by atoms with van der Waals surface area (Å²) in [7, 11) is 1.65. The normalized spacial score (nSPS) is 18.3. The molecule has 7 nitrogen and oxygen atoms in total. The molecular weight excluding hydrogens is 274 g/mol. The Labute approximate surface area is 122 Å². The molecule has 1 aromatic heterocycles. The number of nitrogens with zero attached hydrogens (tertiary/aromatic N) is 2. The molecule has 1 unspecified atom stereocenters. The number of aromatic carboxylic acids is 1. The number of likely N-dealkylation sites (tertiary alicyclic amines) is 1. The summed E-state index contributed by atoms with van der Waals surface area (Å²) in [6.45, 7) is 1.98. The fourth-order valence-electron chi connectivity index (χ4n) is 2.45. The van der Waals surface area contributed by atoms with Crippen molar-refractivity contribution in [2.45, 2.75) is 12.8 Å². The molecule has 1 aromatic rings. The first-order chi connectivity index (χ1) is 10.1. The summed E-state index contributed by atoms with van der Waals surface area (Å²) in [4.78, 5) is 28.6. The van der Waals surface area contributed by atoms with Crippen LogP contribution in [0.5, 0.6) is 0 Å². The molecule has 114 valence electrons. The molecule has 7 heteroatoms. The Morgan fingerprint density at radius 2 is 2.33 bits per heavy atom. The van der Waals surface area contributed by atoms with Crippen LogP contribution in [0.25, 0.3) is 0 Å². The number of pyridine rings is 1. The van der Waals surface area contributed by atoms with E-state index in [-0.39, 0.29) is 11.6 Å². The van der Waals surface area contributed by atoms with E-state index in [0.717, 1.165) is 12.8 Å². The lowest BCUT2D eigenvalue weighted by Crippen LogP contribution is -2.43. The molecule has 0 bridgehead atoms. The number of carbonyl (C=O) groups is 2. The van der Waals surface area contributed by atoms with Crippen molar-refractivity contribution in [3.8, 4) is 0 Å². The first-order valence-corrected chi connectivity index (χ1v) is 6.83. The summed E-state index contributed by atoms with van der Waals surface area (Å²) in [5, 5.41) is 11.6. The van der Waals surface area contributed by atoms with Gasteiger partial charge in [-0.15, -0.1) is 0 Å². The second kappa shape index (κ2) is 7.03. The maximum Gasteiger partial charge on any atom is 0.337 e. The Morgan fingerprint density at radius 3 is 3.05 bits per heavy atom. The van der Waals surface area contributed by atoms with Crippen molar-refractivity contribution in [1.82, 2.24) is 9.88 Å². The Balaban J connectivity index is 1.97. The number of nitrogens with one attached hydrogen (secondary N) is 1. The number of hydrogen-bond donors (Lipinski definition) is 2. The lowest BCUT2D eigenvalue weighted by molar-refractivity contribution is 0.0696. The summed E-state index contributed by atoms with van der Waals surface area (Å²) in [5.74, 6) is -0.727. The van der Waals surface area contributed by atoms with Gasteiger partial charge in [-0.2, -0.15) is 0 Å². The fourth-order valence-corrected chi connectivity index (χ4v) is 2.45. The highest BCUT2D eigenvalue weighted by atomic mass is 16.5. The summed E-state index contributed by atoms with van der Waals surface area (Å²) < 4.78 is 5.14. The number of rotatable bonds is 4. The highest BCUT2D eigenvalue weighted by Crippen LogP contribution is 2.18. The van der Waals surface area contributed by atoms with Crippen LogP contribution in [-0.2, 0) is 4.74 Å². The second-order valence-corrected chi connectivity index (χ2v) is 5.11. The van der Waals surface area contributed by atoms with E-state index >= 15 is 0 Å². The molecular formula is C14H19N3O4. The zero-order valence-electron chi connectivity index (χ0n) is 11.9. The van der Waals surface area contributed by atoms with E-state index in [0.29, 0.717) is 31.3 Å². The Kier molecular flexibility index (Phi) is 5.10. The van der Waals surface area contributed by atoms with Gasteiger partial charge in [-0.3, -0.25) is 4.98 Å². The number of anilines is 1. The fraction of sp³-hybridized carbons (Fsp3) is 0.500. The monoisotopic (exact) mass is 293 g/mol. The van der Waals surface area contributed by atoms with Crippen LogP contribution in [-0.4, -0.2) is 53.8 Å². The molecule has 0 saturated carbocycles. The molecule has 1 fully saturated rings. The summed E-state index contributed by atoms with van der Waals surface area (Å²) in [6, 6.07) is 1.16. The number of carboxylic acid groups (broad SMARTS) is 1. The molecule has 2 amide bonds. The topological polar surface area (TPSA) is 91.8 Å². The standard InChI is InChI=1S/C14H19N3O4/c1-21-9-10-3-2-4-17(8-10)14(20)16-12-5-11(13(18)19)6-15-7-12/h5-7,10H,2-4,8-9H2,1H3,(H,16,20)(H,18,19). The van der Waals surface area contributed by atoms with Crippen molar-refractivity contribution in [3.05, 3.63) is 24.0 Å². The zero-order chi connectivity index (χ0) is 15.2. The van der Waals surface area contributed by atoms with Crippen molar-refractivity contribution in [2.75, 3.05) is 32.1 Å². The molecule has 1 saturated heterocycles. The maximum absolute atomic E-state index is 12.2. The van der Waals surface area contributed by atoms with E-state index in [1.54, 1.807) is 12.0 Å². The minimum atomic E-state index is -1.07. The highest BCUT2D eigenvalue weighted by molar-refractivity contribution is 5.92. The van der Waals surface area contributed by atoms with E-state index < -0.39 is 5.97 Å². The van der Waals surface area contributed by atoms with E-state index in [2.05, 4.69) is 10.3 Å². The van der Waals surface area contributed by atoms with Gasteiger partial charge in [-0.25, -0.2) is 9.59 Å². The molecule has 1 aliphatic rings. The number of carbonyl (C=O) groups excluding carboxylic acids is 1. The number of methoxy groups -OCH3 is 1. The molecule has 0 spiro atoms. The van der Waals surface area contributed by atoms with Gasteiger partial charge in [-0.05, 0) is 18.9 Å². The van der Waals surface area contributed by atoms with E-state index in [9.17, 15) is 9.59 Å². The van der Waals surface area contributed by atoms with Crippen LogP contribution in [0, 0.1) is 5.92 Å². The van der Waals surface area contributed by atoms with Crippen molar-refractivity contribution >= 4 is 17.7 Å². The van der Waals surface area contributed by atoms with Crippen LogP contribution in [0.2, 0.25) is 0 Å². The van der Waals surface area contributed by atoms with E-state index in [1.165, 1.54) is 18.5 Å². The van der Waals surface area contributed by atoms with E-state index in [1.807, 2.05) is 0 Å². The van der Waals surface area contributed by atoms with Gasteiger partial charge in [-0.1, -0.05) is 0 Å². The van der Waals surface area contributed by atoms with Gasteiger partial charge in [0.2, 0.25) is 0 Å². The smallest absolute Gasteiger partial charge is 0.337 e. The average Bonchev–Trinajstić information content (AvgIpc) is 2.48. The maximum atomic E-state index is 12.2. The lowest BCUT2D eigenvalue weighted by atomic mass is 9.99. The van der Waals surface area contributed by atoms with Crippen LogP contribution in [0.15, 0.2) is 18.5 Å². The third-order valence-corrected chi connectivity index (χ3v) is 3.45. The average molecular weight is 293 g/mol. The first kappa shape index (κ1) is 15.2. The molecule has 2 rings (SSSR count). The molecule has 21 heavy (non-hydrogen) atoms. The lowest BCUT2D eigenvalue weighted by Gasteiger charge is -2.32. The number of urea groups is 1. The van der Waals surface area contributed by atoms with Crippen LogP contribution >= 0.6 is 0 Å². The first-order valence-electron chi connectivity index (χ1n) is 6.83. The number of hydrogen-bond acceptors (Lipinski definition) is 4. The van der Waals surface area contributed by atoms with Gasteiger partial charge in [0.15, 0.2) is 0 Å². The number of aromatic nitrogens is 1. The molecule has 2 N–H and O–H groups in total. The predicted octanol–water partition coefficient (Wildman–Crippen LogP) is 1.67. The predicted molar refractivity (Wildman–Crippen MR) is 76.4 cm³/mol. The third kappa shape index (κ3) is 4.16. The third-order valence-electron chi connectivity index (χ3n) is 3.45. The largest absolute Gasteiger partial charge is 0.478 e. The Hall–Kier alpha value is -2.15. The van der Waals surface area contributed by atoms with Gasteiger partial charge in [0.1, 0.15) is 0 Å². The summed E-state index contributed by atoms with van der Waals surface area (Å²) in [6.07, 6.45) is 4.66. The van der Waals surface area contributed by atoms with Gasteiger partial charge in [0.05, 0.1) is 24.1 Å². The molecule has 1 aliphatic heterocycles. The quantitative estimate of drug-likeness (QED) is 0.881. The van der Waals surface area contributed by atoms with Gasteiger partial charge in [0.25, 0.3) is 0 Å². The number of amides is 2. The van der Waals surface area contributed by atoms with Crippen molar-refractivity contribution < 1.29 is 19.4 Å². The summed E-state index contributed by atoms with van der Waals surface area (Å²) in [5.41, 5.74) is 0.428. The highest BCUT2D eigenvalue weighted by Gasteiger charge is 2.23. The van der Waals surface area contributed by atoms with Crippen molar-refractivity contribution in [1.29, 1.82) is 0 Å². The molecule has 2 heterocycles.